The lowest BCUT2D eigenvalue weighted by Crippen LogP contribution is -2.50. The third-order valence-corrected chi connectivity index (χ3v) is 4.31. The molecule has 1 unspecified atom stereocenters. The summed E-state index contributed by atoms with van der Waals surface area (Å²) in [5.41, 5.74) is 1.72. The highest BCUT2D eigenvalue weighted by atomic mass is 16.5. The summed E-state index contributed by atoms with van der Waals surface area (Å²) < 4.78 is 5.09. The van der Waals surface area contributed by atoms with Crippen LogP contribution in [0.3, 0.4) is 0 Å². The van der Waals surface area contributed by atoms with Crippen molar-refractivity contribution in [1.82, 2.24) is 10.2 Å². The number of aryl methyl sites for hydroxylation is 1. The number of piperidine rings is 1. The number of likely N-dealkylation sites (tertiary alicyclic amines) is 1. The second kappa shape index (κ2) is 9.39. The molecule has 1 aromatic rings. The fourth-order valence-corrected chi connectivity index (χ4v) is 2.98. The Morgan fingerprint density at radius 3 is 2.83 bits per heavy atom. The minimum Gasteiger partial charge on any atom is -0.383 e. The highest BCUT2D eigenvalue weighted by molar-refractivity contribution is 6.39. The molecule has 0 saturated carbocycles. The van der Waals surface area contributed by atoms with Crippen LogP contribution >= 0.6 is 0 Å². The van der Waals surface area contributed by atoms with Crippen molar-refractivity contribution in [2.45, 2.75) is 32.2 Å². The predicted molar refractivity (Wildman–Crippen MR) is 93.9 cm³/mol. The molecule has 1 saturated heterocycles. The number of carbonyl (C=O) groups is 2. The molecular weight excluding hydrogens is 306 g/mol. The molecule has 0 spiro atoms. The zero-order valence-corrected chi connectivity index (χ0v) is 14.5. The summed E-state index contributed by atoms with van der Waals surface area (Å²) in [4.78, 5) is 26.6. The normalized spacial score (nSPS) is 18.2. The van der Waals surface area contributed by atoms with Gasteiger partial charge < -0.3 is 15.4 Å². The van der Waals surface area contributed by atoms with Crippen molar-refractivity contribution < 1.29 is 14.3 Å². The first-order chi connectivity index (χ1) is 11.6. The fourth-order valence-electron chi connectivity index (χ4n) is 2.98. The van der Waals surface area contributed by atoms with E-state index >= 15 is 0 Å². The summed E-state index contributed by atoms with van der Waals surface area (Å²) >= 11 is 0. The van der Waals surface area contributed by atoms with Gasteiger partial charge in [-0.1, -0.05) is 25.1 Å². The van der Waals surface area contributed by atoms with E-state index in [4.69, 9.17) is 4.74 Å². The fraction of sp³-hybridized carbons (Fsp3) is 0.556. The Hall–Kier alpha value is -1.92. The summed E-state index contributed by atoms with van der Waals surface area (Å²) in [7, 11) is 1.68. The molecule has 2 N–H and O–H groups in total. The number of ether oxygens (including phenoxy) is 1. The van der Waals surface area contributed by atoms with Gasteiger partial charge in [0.25, 0.3) is 0 Å². The minimum absolute atomic E-state index is 0.00951. The number of hydrogen-bond acceptors (Lipinski definition) is 4. The Bertz CT molecular complexity index is 562. The van der Waals surface area contributed by atoms with Gasteiger partial charge in [-0.25, -0.2) is 0 Å². The highest BCUT2D eigenvalue weighted by Gasteiger charge is 2.24. The number of amides is 2. The molecule has 1 aliphatic heterocycles. The van der Waals surface area contributed by atoms with Gasteiger partial charge in [0, 0.05) is 31.9 Å². The Labute approximate surface area is 143 Å². The molecule has 1 fully saturated rings. The largest absolute Gasteiger partial charge is 0.383 e. The first-order valence-corrected chi connectivity index (χ1v) is 8.55. The third kappa shape index (κ3) is 5.32. The molecule has 0 aromatic heterocycles. The molecule has 2 rings (SSSR count). The number of anilines is 1. The van der Waals surface area contributed by atoms with Crippen molar-refractivity contribution in [2.75, 3.05) is 38.7 Å². The second-order valence-electron chi connectivity index (χ2n) is 6.07. The molecule has 24 heavy (non-hydrogen) atoms. The molecule has 132 valence electrons. The van der Waals surface area contributed by atoms with Crippen LogP contribution in [0.5, 0.6) is 0 Å². The zero-order valence-electron chi connectivity index (χ0n) is 14.5. The van der Waals surface area contributed by atoms with E-state index in [2.05, 4.69) is 15.5 Å². The highest BCUT2D eigenvalue weighted by Crippen LogP contribution is 2.15. The molecule has 0 radical (unpaired) electrons. The maximum Gasteiger partial charge on any atom is 0.313 e. The van der Waals surface area contributed by atoms with Crippen LogP contribution in [0.25, 0.3) is 0 Å². The van der Waals surface area contributed by atoms with Crippen LogP contribution in [-0.2, 0) is 20.7 Å². The monoisotopic (exact) mass is 333 g/mol. The quantitative estimate of drug-likeness (QED) is 0.773. The van der Waals surface area contributed by atoms with Gasteiger partial charge in [0.05, 0.1) is 6.61 Å². The van der Waals surface area contributed by atoms with Crippen LogP contribution in [0.1, 0.15) is 25.3 Å². The second-order valence-corrected chi connectivity index (χ2v) is 6.07. The smallest absolute Gasteiger partial charge is 0.313 e. The number of para-hydroxylation sites is 1. The Morgan fingerprint density at radius 1 is 1.29 bits per heavy atom. The molecule has 6 nitrogen and oxygen atoms in total. The van der Waals surface area contributed by atoms with E-state index in [-0.39, 0.29) is 6.04 Å². The van der Waals surface area contributed by atoms with Gasteiger partial charge in [0.1, 0.15) is 0 Å². The van der Waals surface area contributed by atoms with E-state index in [9.17, 15) is 9.59 Å². The molecular formula is C18H27N3O3. The number of methoxy groups -OCH3 is 1. The van der Waals surface area contributed by atoms with E-state index in [0.29, 0.717) is 12.3 Å². The van der Waals surface area contributed by atoms with Crippen LogP contribution < -0.4 is 10.6 Å². The van der Waals surface area contributed by atoms with Crippen molar-refractivity contribution >= 4 is 17.5 Å². The van der Waals surface area contributed by atoms with Crippen molar-refractivity contribution in [3.05, 3.63) is 29.8 Å². The number of rotatable bonds is 6. The molecule has 1 heterocycles. The first-order valence-electron chi connectivity index (χ1n) is 8.55. The van der Waals surface area contributed by atoms with Gasteiger partial charge in [-0.3, -0.25) is 14.5 Å². The van der Waals surface area contributed by atoms with Crippen molar-refractivity contribution in [2.24, 2.45) is 0 Å². The molecule has 2 amide bonds. The van der Waals surface area contributed by atoms with Crippen LogP contribution in [0.15, 0.2) is 24.3 Å². The van der Waals surface area contributed by atoms with Gasteiger partial charge >= 0.3 is 11.8 Å². The van der Waals surface area contributed by atoms with Gasteiger partial charge in [-0.2, -0.15) is 0 Å². The summed E-state index contributed by atoms with van der Waals surface area (Å²) in [6.45, 7) is 5.30. The van der Waals surface area contributed by atoms with E-state index in [1.165, 1.54) is 0 Å². The Kier molecular flexibility index (Phi) is 7.21. The van der Waals surface area contributed by atoms with Gasteiger partial charge in [-0.15, -0.1) is 0 Å². The van der Waals surface area contributed by atoms with E-state index in [0.717, 1.165) is 44.5 Å². The first kappa shape index (κ1) is 18.4. The van der Waals surface area contributed by atoms with Gasteiger partial charge in [0.15, 0.2) is 0 Å². The SMILES string of the molecule is CCc1ccccc1NC(=O)C(=O)NC1CCCN(CCOC)C1. The predicted octanol–water partition coefficient (Wildman–Crippen LogP) is 1.41. The maximum atomic E-state index is 12.2. The van der Waals surface area contributed by atoms with E-state index in [1.807, 2.05) is 31.2 Å². The standard InChI is InChI=1S/C18H27N3O3/c1-3-14-7-4-5-9-16(14)20-18(23)17(22)19-15-8-6-10-21(13-15)11-12-24-2/h4-5,7,9,15H,3,6,8,10-13H2,1-2H3,(H,19,22)(H,20,23). The van der Waals surface area contributed by atoms with E-state index < -0.39 is 11.8 Å². The number of hydrogen-bond donors (Lipinski definition) is 2. The van der Waals surface area contributed by atoms with E-state index in [1.54, 1.807) is 7.11 Å². The lowest BCUT2D eigenvalue weighted by molar-refractivity contribution is -0.136. The van der Waals surface area contributed by atoms with Crippen molar-refractivity contribution in [1.29, 1.82) is 0 Å². The van der Waals surface area contributed by atoms with Crippen LogP contribution in [0, 0.1) is 0 Å². The molecule has 1 aromatic carbocycles. The summed E-state index contributed by atoms with van der Waals surface area (Å²) in [5, 5.41) is 5.56. The van der Waals surface area contributed by atoms with Crippen molar-refractivity contribution in [3.8, 4) is 0 Å². The van der Waals surface area contributed by atoms with Gasteiger partial charge in [-0.05, 0) is 37.4 Å². The summed E-state index contributed by atoms with van der Waals surface area (Å²) in [6, 6.07) is 7.54. The molecule has 0 bridgehead atoms. The lowest BCUT2D eigenvalue weighted by atomic mass is 10.1. The lowest BCUT2D eigenvalue weighted by Gasteiger charge is -2.32. The maximum absolute atomic E-state index is 12.2. The average Bonchev–Trinajstić information content (AvgIpc) is 2.60. The van der Waals surface area contributed by atoms with Crippen molar-refractivity contribution in [3.63, 3.8) is 0 Å². The number of benzene rings is 1. The Balaban J connectivity index is 1.86. The van der Waals surface area contributed by atoms with Crippen LogP contribution in [-0.4, -0.2) is 56.1 Å². The zero-order chi connectivity index (χ0) is 17.4. The summed E-state index contributed by atoms with van der Waals surface area (Å²) in [6.07, 6.45) is 2.71. The van der Waals surface area contributed by atoms with Crippen LogP contribution in [0.2, 0.25) is 0 Å². The topological polar surface area (TPSA) is 70.7 Å². The number of carbonyl (C=O) groups excluding carboxylic acids is 2. The molecule has 6 heteroatoms. The minimum atomic E-state index is -0.607. The number of nitrogens with zero attached hydrogens (tertiary/aromatic N) is 1. The van der Waals surface area contributed by atoms with Gasteiger partial charge in [0.2, 0.25) is 0 Å². The average molecular weight is 333 g/mol. The summed E-state index contributed by atoms with van der Waals surface area (Å²) in [5.74, 6) is -1.18. The van der Waals surface area contributed by atoms with Crippen LogP contribution in [0.4, 0.5) is 5.69 Å². The molecule has 1 aliphatic rings. The number of nitrogens with one attached hydrogen (secondary N) is 2. The Morgan fingerprint density at radius 2 is 2.08 bits per heavy atom. The molecule has 1 atom stereocenters. The third-order valence-electron chi connectivity index (χ3n) is 4.31. The molecule has 0 aliphatic carbocycles.